The Morgan fingerprint density at radius 1 is 1.42 bits per heavy atom. The zero-order chi connectivity index (χ0) is 8.97. The van der Waals surface area contributed by atoms with Gasteiger partial charge in [0.25, 0.3) is 0 Å². The second kappa shape index (κ2) is 4.05. The summed E-state index contributed by atoms with van der Waals surface area (Å²) in [5.41, 5.74) is 3.67. The normalized spacial score (nSPS) is 9.83. The Balaban J connectivity index is 3.04. The van der Waals surface area contributed by atoms with E-state index in [1.807, 2.05) is 12.1 Å². The molecular weight excluding hydrogens is 146 g/mol. The maximum absolute atomic E-state index is 7.19. The predicted octanol–water partition coefficient (Wildman–Crippen LogP) is 2.95. The van der Waals surface area contributed by atoms with Gasteiger partial charge in [0.15, 0.2) is 0 Å². The molecule has 0 amide bonds. The fraction of sp³-hybridized carbons (Fsp3) is 0.364. The number of hydrogen-bond acceptors (Lipinski definition) is 1. The Morgan fingerprint density at radius 3 is 2.75 bits per heavy atom. The lowest BCUT2D eigenvalue weighted by Crippen LogP contribution is -1.93. The molecule has 1 aromatic rings. The van der Waals surface area contributed by atoms with E-state index in [0.29, 0.717) is 0 Å². The Kier molecular flexibility index (Phi) is 3.03. The summed E-state index contributed by atoms with van der Waals surface area (Å²) in [7, 11) is 0. The topological polar surface area (TPSA) is 23.9 Å². The molecule has 0 aromatic heterocycles. The van der Waals surface area contributed by atoms with Crippen LogP contribution in [0.4, 0.5) is 0 Å². The third-order valence-electron chi connectivity index (χ3n) is 2.16. The number of hydrogen-bond donors (Lipinski definition) is 1. The fourth-order valence-electron chi connectivity index (χ4n) is 1.40. The van der Waals surface area contributed by atoms with Crippen LogP contribution in [0.5, 0.6) is 0 Å². The van der Waals surface area contributed by atoms with Crippen LogP contribution in [0.25, 0.3) is 0 Å². The second-order valence-corrected chi connectivity index (χ2v) is 3.03. The van der Waals surface area contributed by atoms with Crippen LogP contribution in [-0.2, 0) is 6.42 Å². The van der Waals surface area contributed by atoms with E-state index in [-0.39, 0.29) is 0 Å². The van der Waals surface area contributed by atoms with Crippen molar-refractivity contribution in [2.45, 2.75) is 26.7 Å². The highest BCUT2D eigenvalue weighted by Crippen LogP contribution is 2.13. The molecule has 0 radical (unpaired) electrons. The van der Waals surface area contributed by atoms with Gasteiger partial charge in [-0.15, -0.1) is 0 Å². The molecule has 12 heavy (non-hydrogen) atoms. The van der Waals surface area contributed by atoms with E-state index in [0.717, 1.165) is 12.0 Å². The van der Waals surface area contributed by atoms with Gasteiger partial charge < -0.3 is 5.41 Å². The summed E-state index contributed by atoms with van der Waals surface area (Å²) in [6.07, 6.45) is 3.71. The van der Waals surface area contributed by atoms with E-state index < -0.39 is 0 Å². The largest absolute Gasteiger partial charge is 0.308 e. The zero-order valence-electron chi connectivity index (χ0n) is 7.72. The summed E-state index contributed by atoms with van der Waals surface area (Å²) < 4.78 is 0. The first-order chi connectivity index (χ1) is 5.79. The molecule has 0 bridgehead atoms. The predicted molar refractivity (Wildman–Crippen MR) is 53.1 cm³/mol. The van der Waals surface area contributed by atoms with Crippen LogP contribution in [0.1, 0.15) is 30.0 Å². The quantitative estimate of drug-likeness (QED) is 0.659. The van der Waals surface area contributed by atoms with E-state index in [4.69, 9.17) is 5.41 Å². The molecule has 0 fully saturated rings. The van der Waals surface area contributed by atoms with E-state index >= 15 is 0 Å². The molecule has 1 heteroatoms. The van der Waals surface area contributed by atoms with Crippen molar-refractivity contribution < 1.29 is 0 Å². The average Bonchev–Trinajstić information content (AvgIpc) is 2.09. The summed E-state index contributed by atoms with van der Waals surface area (Å²) >= 11 is 0. The standard InChI is InChI=1S/C11H15N/c1-3-5-10-6-4-7-11(8-12)9(10)2/h4,6-8,12H,3,5H2,1-2H3. The number of nitrogens with one attached hydrogen (secondary N) is 1. The highest BCUT2D eigenvalue weighted by molar-refractivity contribution is 5.79. The monoisotopic (exact) mass is 161 g/mol. The first-order valence-electron chi connectivity index (χ1n) is 4.38. The van der Waals surface area contributed by atoms with Crippen molar-refractivity contribution in [2.75, 3.05) is 0 Å². The van der Waals surface area contributed by atoms with Crippen LogP contribution in [0, 0.1) is 12.3 Å². The van der Waals surface area contributed by atoms with E-state index in [2.05, 4.69) is 19.9 Å². The van der Waals surface area contributed by atoms with Gasteiger partial charge in [0.05, 0.1) is 0 Å². The molecule has 1 aromatic carbocycles. The van der Waals surface area contributed by atoms with E-state index in [9.17, 15) is 0 Å². The number of benzene rings is 1. The van der Waals surface area contributed by atoms with Gasteiger partial charge >= 0.3 is 0 Å². The van der Waals surface area contributed by atoms with Gasteiger partial charge in [0.2, 0.25) is 0 Å². The second-order valence-electron chi connectivity index (χ2n) is 3.03. The summed E-state index contributed by atoms with van der Waals surface area (Å²) in [5, 5.41) is 7.19. The molecule has 0 saturated heterocycles. The smallest absolute Gasteiger partial charge is 0.0253 e. The Labute approximate surface area is 73.9 Å². The molecule has 0 aliphatic heterocycles. The molecule has 0 atom stereocenters. The maximum atomic E-state index is 7.19. The molecular formula is C11H15N. The Morgan fingerprint density at radius 2 is 2.17 bits per heavy atom. The van der Waals surface area contributed by atoms with Crippen molar-refractivity contribution in [2.24, 2.45) is 0 Å². The first kappa shape index (κ1) is 8.98. The lowest BCUT2D eigenvalue weighted by Gasteiger charge is -2.06. The van der Waals surface area contributed by atoms with Crippen molar-refractivity contribution in [3.63, 3.8) is 0 Å². The maximum Gasteiger partial charge on any atom is 0.0253 e. The van der Waals surface area contributed by atoms with Gasteiger partial charge in [-0.2, -0.15) is 0 Å². The van der Waals surface area contributed by atoms with Crippen molar-refractivity contribution >= 4 is 6.21 Å². The molecule has 1 rings (SSSR count). The van der Waals surface area contributed by atoms with Crippen LogP contribution in [0.15, 0.2) is 18.2 Å². The molecule has 0 aliphatic carbocycles. The molecule has 1 nitrogen and oxygen atoms in total. The molecule has 64 valence electrons. The Hall–Kier alpha value is -1.11. The fourth-order valence-corrected chi connectivity index (χ4v) is 1.40. The highest BCUT2D eigenvalue weighted by Gasteiger charge is 1.99. The molecule has 1 N–H and O–H groups in total. The Bertz CT molecular complexity index is 276. The van der Waals surface area contributed by atoms with E-state index in [1.165, 1.54) is 23.8 Å². The van der Waals surface area contributed by atoms with Crippen molar-refractivity contribution in [1.82, 2.24) is 0 Å². The SMILES string of the molecule is CCCc1cccc(C=N)c1C. The molecule has 0 spiro atoms. The minimum atomic E-state index is 1.04. The summed E-state index contributed by atoms with van der Waals surface area (Å²) in [6, 6.07) is 6.16. The van der Waals surface area contributed by atoms with Crippen LogP contribution < -0.4 is 0 Å². The lowest BCUT2D eigenvalue weighted by atomic mass is 10.00. The van der Waals surface area contributed by atoms with Gasteiger partial charge in [0, 0.05) is 6.21 Å². The van der Waals surface area contributed by atoms with Gasteiger partial charge in [-0.05, 0) is 30.0 Å². The van der Waals surface area contributed by atoms with Crippen molar-refractivity contribution in [1.29, 1.82) is 5.41 Å². The van der Waals surface area contributed by atoms with Crippen LogP contribution in [0.3, 0.4) is 0 Å². The summed E-state index contributed by atoms with van der Waals surface area (Å²) in [5.74, 6) is 0. The zero-order valence-corrected chi connectivity index (χ0v) is 7.72. The van der Waals surface area contributed by atoms with Gasteiger partial charge in [-0.3, -0.25) is 0 Å². The minimum absolute atomic E-state index is 1.04. The van der Waals surface area contributed by atoms with Gasteiger partial charge in [-0.1, -0.05) is 31.5 Å². The van der Waals surface area contributed by atoms with Crippen molar-refractivity contribution in [3.05, 3.63) is 34.9 Å². The first-order valence-corrected chi connectivity index (χ1v) is 4.38. The number of rotatable bonds is 3. The summed E-state index contributed by atoms with van der Waals surface area (Å²) in [6.45, 7) is 4.27. The van der Waals surface area contributed by atoms with Gasteiger partial charge in [0.1, 0.15) is 0 Å². The minimum Gasteiger partial charge on any atom is -0.308 e. The molecule has 0 heterocycles. The third-order valence-corrected chi connectivity index (χ3v) is 2.16. The average molecular weight is 161 g/mol. The highest BCUT2D eigenvalue weighted by atomic mass is 14.3. The van der Waals surface area contributed by atoms with Crippen LogP contribution in [0.2, 0.25) is 0 Å². The van der Waals surface area contributed by atoms with Crippen LogP contribution in [-0.4, -0.2) is 6.21 Å². The van der Waals surface area contributed by atoms with Crippen molar-refractivity contribution in [3.8, 4) is 0 Å². The summed E-state index contributed by atoms with van der Waals surface area (Å²) in [4.78, 5) is 0. The lowest BCUT2D eigenvalue weighted by molar-refractivity contribution is 0.912. The number of aryl methyl sites for hydroxylation is 1. The molecule has 0 aliphatic rings. The van der Waals surface area contributed by atoms with Crippen LogP contribution >= 0.6 is 0 Å². The molecule has 0 unspecified atom stereocenters. The third kappa shape index (κ3) is 1.73. The van der Waals surface area contributed by atoms with E-state index in [1.54, 1.807) is 0 Å². The van der Waals surface area contributed by atoms with Gasteiger partial charge in [-0.25, -0.2) is 0 Å². The molecule has 0 saturated carbocycles.